The quantitative estimate of drug-likeness (QED) is 0.729. The number of hydrogen-bond acceptors (Lipinski definition) is 5. The van der Waals surface area contributed by atoms with E-state index in [1.54, 1.807) is 0 Å². The van der Waals surface area contributed by atoms with Crippen molar-refractivity contribution in [1.29, 1.82) is 0 Å². The molecule has 0 spiro atoms. The maximum absolute atomic E-state index is 13.9. The number of carbonyl (C=O) groups is 1. The van der Waals surface area contributed by atoms with E-state index >= 15 is 0 Å². The number of piperidine rings is 1. The first-order chi connectivity index (χ1) is 14.8. The number of sulfonamides is 1. The second-order valence-electron chi connectivity index (χ2n) is 7.92. The highest BCUT2D eigenvalue weighted by Gasteiger charge is 2.36. The molecule has 1 N–H and O–H groups in total. The Morgan fingerprint density at radius 2 is 1.90 bits per heavy atom. The van der Waals surface area contributed by atoms with Crippen LogP contribution in [0.25, 0.3) is 12.2 Å². The molecule has 1 saturated heterocycles. The number of carbonyl (C=O) groups excluding carboxylic acids is 1. The molecule has 4 rings (SSSR count). The van der Waals surface area contributed by atoms with Crippen molar-refractivity contribution < 1.29 is 26.5 Å². The summed E-state index contributed by atoms with van der Waals surface area (Å²) in [5, 5.41) is 6.73. The van der Waals surface area contributed by atoms with Gasteiger partial charge in [0.25, 0.3) is 0 Å². The number of benzene rings is 1. The molecule has 2 fully saturated rings. The van der Waals surface area contributed by atoms with E-state index in [2.05, 4.69) is 10.5 Å². The Morgan fingerprint density at radius 3 is 2.55 bits per heavy atom. The molecule has 0 radical (unpaired) electrons. The third kappa shape index (κ3) is 4.69. The van der Waals surface area contributed by atoms with Crippen LogP contribution in [-0.2, 0) is 14.8 Å². The van der Waals surface area contributed by atoms with Crippen molar-refractivity contribution >= 4 is 28.1 Å². The van der Waals surface area contributed by atoms with E-state index in [4.69, 9.17) is 4.52 Å². The van der Waals surface area contributed by atoms with Gasteiger partial charge in [-0.25, -0.2) is 17.2 Å². The van der Waals surface area contributed by atoms with Gasteiger partial charge in [-0.1, -0.05) is 5.16 Å². The van der Waals surface area contributed by atoms with Gasteiger partial charge in [0, 0.05) is 36.7 Å². The number of nitrogens with one attached hydrogen (secondary N) is 1. The number of amides is 1. The van der Waals surface area contributed by atoms with E-state index in [1.165, 1.54) is 29.4 Å². The van der Waals surface area contributed by atoms with Gasteiger partial charge in [0.1, 0.15) is 17.3 Å². The van der Waals surface area contributed by atoms with Crippen LogP contribution >= 0.6 is 0 Å². The average Bonchev–Trinajstić information content (AvgIpc) is 3.46. The summed E-state index contributed by atoms with van der Waals surface area (Å²) < 4.78 is 59.9. The first-order valence-corrected chi connectivity index (χ1v) is 11.6. The molecule has 1 saturated carbocycles. The Morgan fingerprint density at radius 1 is 1.19 bits per heavy atom. The Labute approximate surface area is 179 Å². The molecule has 166 valence electrons. The van der Waals surface area contributed by atoms with Crippen LogP contribution in [0.5, 0.6) is 0 Å². The summed E-state index contributed by atoms with van der Waals surface area (Å²) in [5.74, 6) is -1.72. The molecular formula is C21H23F2N3O4S. The summed E-state index contributed by atoms with van der Waals surface area (Å²) >= 11 is 0. The molecule has 0 atom stereocenters. The van der Waals surface area contributed by atoms with Crippen LogP contribution in [0.3, 0.4) is 0 Å². The van der Waals surface area contributed by atoms with Crippen molar-refractivity contribution in [2.75, 3.05) is 13.1 Å². The van der Waals surface area contributed by atoms with Crippen molar-refractivity contribution in [1.82, 2.24) is 14.8 Å². The summed E-state index contributed by atoms with van der Waals surface area (Å²) in [6, 6.07) is 3.37. The van der Waals surface area contributed by atoms with Crippen molar-refractivity contribution in [2.45, 2.75) is 43.5 Å². The lowest BCUT2D eigenvalue weighted by molar-refractivity contribution is -0.126. The summed E-state index contributed by atoms with van der Waals surface area (Å²) in [6.07, 6.45) is 5.50. The zero-order chi connectivity index (χ0) is 22.2. The van der Waals surface area contributed by atoms with E-state index in [9.17, 15) is 22.0 Å². The third-order valence-corrected chi connectivity index (χ3v) is 7.61. The maximum Gasteiger partial charge on any atom is 0.248 e. The lowest BCUT2D eigenvalue weighted by Gasteiger charge is -2.30. The lowest BCUT2D eigenvalue weighted by atomic mass is 9.97. The molecule has 10 heteroatoms. The van der Waals surface area contributed by atoms with Crippen LogP contribution in [-0.4, -0.2) is 42.9 Å². The first-order valence-electron chi connectivity index (χ1n) is 10.2. The van der Waals surface area contributed by atoms with Crippen molar-refractivity contribution in [3.63, 3.8) is 0 Å². The Balaban J connectivity index is 1.50. The van der Waals surface area contributed by atoms with Crippen LogP contribution in [0.15, 0.2) is 27.6 Å². The minimum atomic E-state index is -3.92. The van der Waals surface area contributed by atoms with Crippen LogP contribution < -0.4 is 5.32 Å². The molecule has 1 amide bonds. The SMILES string of the molecule is Cc1noc(/C=C/c2ccc(F)cc2F)c1S(=O)(=O)N1CCC(C(=O)NC2CC2)CC1. The van der Waals surface area contributed by atoms with E-state index in [1.807, 2.05) is 0 Å². The van der Waals surface area contributed by atoms with Gasteiger partial charge in [-0.2, -0.15) is 4.31 Å². The molecule has 7 nitrogen and oxygen atoms in total. The molecule has 1 aliphatic heterocycles. The fourth-order valence-electron chi connectivity index (χ4n) is 3.64. The fourth-order valence-corrected chi connectivity index (χ4v) is 5.35. The molecule has 2 heterocycles. The van der Waals surface area contributed by atoms with Crippen molar-refractivity contribution in [2.24, 2.45) is 5.92 Å². The van der Waals surface area contributed by atoms with Crippen molar-refractivity contribution in [3.05, 3.63) is 46.9 Å². The third-order valence-electron chi connectivity index (χ3n) is 5.56. The number of hydrogen-bond donors (Lipinski definition) is 1. The summed E-state index contributed by atoms with van der Waals surface area (Å²) in [6.45, 7) is 1.94. The fraction of sp³-hybridized carbons (Fsp3) is 0.429. The number of nitrogens with zero attached hydrogens (tertiary/aromatic N) is 2. The van der Waals surface area contributed by atoms with E-state index < -0.39 is 21.7 Å². The molecule has 31 heavy (non-hydrogen) atoms. The molecule has 1 aromatic heterocycles. The molecule has 2 aromatic rings. The highest BCUT2D eigenvalue weighted by Crippen LogP contribution is 2.30. The lowest BCUT2D eigenvalue weighted by Crippen LogP contribution is -2.43. The van der Waals surface area contributed by atoms with E-state index in [-0.39, 0.29) is 52.9 Å². The minimum absolute atomic E-state index is 0.00865. The first kappa shape index (κ1) is 21.6. The second kappa shape index (κ2) is 8.51. The van der Waals surface area contributed by atoms with E-state index in [0.717, 1.165) is 25.0 Å². The van der Waals surface area contributed by atoms with Gasteiger partial charge in [-0.05, 0) is 56.9 Å². The Kier molecular flexibility index (Phi) is 5.94. The molecule has 0 unspecified atom stereocenters. The van der Waals surface area contributed by atoms with Gasteiger partial charge in [0.2, 0.25) is 15.9 Å². The molecule has 1 aliphatic carbocycles. The van der Waals surface area contributed by atoms with Crippen LogP contribution in [0, 0.1) is 24.5 Å². The summed E-state index contributed by atoms with van der Waals surface area (Å²) in [7, 11) is -3.92. The molecule has 1 aromatic carbocycles. The highest BCUT2D eigenvalue weighted by atomic mass is 32.2. The van der Waals surface area contributed by atoms with Crippen LogP contribution in [0.4, 0.5) is 8.78 Å². The monoisotopic (exact) mass is 451 g/mol. The topological polar surface area (TPSA) is 92.5 Å². The number of aromatic nitrogens is 1. The van der Waals surface area contributed by atoms with Gasteiger partial charge in [-0.15, -0.1) is 0 Å². The number of rotatable bonds is 6. The predicted octanol–water partition coefficient (Wildman–Crippen LogP) is 3.11. The minimum Gasteiger partial charge on any atom is -0.355 e. The largest absolute Gasteiger partial charge is 0.355 e. The van der Waals surface area contributed by atoms with Gasteiger partial charge in [0.15, 0.2) is 10.7 Å². The maximum atomic E-state index is 13.9. The van der Waals surface area contributed by atoms with Crippen molar-refractivity contribution in [3.8, 4) is 0 Å². The van der Waals surface area contributed by atoms with Crippen LogP contribution in [0.1, 0.15) is 42.7 Å². The Hall–Kier alpha value is -2.59. The standard InChI is InChI=1S/C21H23F2N3O4S/c1-13-20(19(30-25-13)7-3-14-2-4-16(22)12-18(14)23)31(28,29)26-10-8-15(9-11-26)21(27)24-17-5-6-17/h2-4,7,12,15,17H,5-6,8-11H2,1H3,(H,24,27)/b7-3+. The zero-order valence-corrected chi connectivity index (χ0v) is 17.8. The van der Waals surface area contributed by atoms with Gasteiger partial charge in [0.05, 0.1) is 0 Å². The number of halogens is 2. The van der Waals surface area contributed by atoms with Gasteiger partial charge < -0.3 is 9.84 Å². The van der Waals surface area contributed by atoms with Gasteiger partial charge >= 0.3 is 0 Å². The molecule has 0 bridgehead atoms. The predicted molar refractivity (Wildman–Crippen MR) is 109 cm³/mol. The Bertz CT molecular complexity index is 1120. The van der Waals surface area contributed by atoms with E-state index in [0.29, 0.717) is 12.8 Å². The number of aryl methyl sites for hydroxylation is 1. The highest BCUT2D eigenvalue weighted by molar-refractivity contribution is 7.89. The normalized spacial score (nSPS) is 18.5. The summed E-state index contributed by atoms with van der Waals surface area (Å²) in [5.41, 5.74) is 0.272. The zero-order valence-electron chi connectivity index (χ0n) is 17.0. The van der Waals surface area contributed by atoms with Crippen LogP contribution in [0.2, 0.25) is 0 Å². The smallest absolute Gasteiger partial charge is 0.248 e. The molecule has 2 aliphatic rings. The van der Waals surface area contributed by atoms with Gasteiger partial charge in [-0.3, -0.25) is 4.79 Å². The summed E-state index contributed by atoms with van der Waals surface area (Å²) in [4.78, 5) is 12.2. The molecular weight excluding hydrogens is 428 g/mol. The second-order valence-corrected chi connectivity index (χ2v) is 9.80. The average molecular weight is 451 g/mol.